The van der Waals surface area contributed by atoms with E-state index in [-0.39, 0.29) is 6.04 Å². The smallest absolute Gasteiger partial charge is 0.367 e. The average Bonchev–Trinajstić information content (AvgIpc) is 2.77. The first-order chi connectivity index (χ1) is 8.54. The molecule has 2 rings (SSSR count). The van der Waals surface area contributed by atoms with Gasteiger partial charge in [-0.3, -0.25) is 0 Å². The number of nitrogens with zero attached hydrogens (tertiary/aromatic N) is 1. The SMILES string of the molecule is CNCC1CCCN1c1ccccc1C(F)(F)F. The summed E-state index contributed by atoms with van der Waals surface area (Å²) in [5, 5.41) is 3.04. The molecule has 0 saturated carbocycles. The quantitative estimate of drug-likeness (QED) is 0.896. The molecule has 1 N–H and O–H groups in total. The molecule has 1 saturated heterocycles. The Bertz CT molecular complexity index is 403. The highest BCUT2D eigenvalue weighted by atomic mass is 19.4. The van der Waals surface area contributed by atoms with Gasteiger partial charge in [0.05, 0.1) is 5.56 Å². The molecule has 18 heavy (non-hydrogen) atoms. The number of para-hydroxylation sites is 1. The van der Waals surface area contributed by atoms with Gasteiger partial charge in [0.25, 0.3) is 0 Å². The molecule has 1 heterocycles. The fourth-order valence-corrected chi connectivity index (χ4v) is 2.56. The van der Waals surface area contributed by atoms with E-state index in [0.717, 1.165) is 18.9 Å². The Morgan fingerprint density at radius 1 is 1.33 bits per heavy atom. The van der Waals surface area contributed by atoms with E-state index < -0.39 is 11.7 Å². The van der Waals surface area contributed by atoms with E-state index in [1.54, 1.807) is 12.1 Å². The lowest BCUT2D eigenvalue weighted by Crippen LogP contribution is -2.37. The fourth-order valence-electron chi connectivity index (χ4n) is 2.56. The first-order valence-corrected chi connectivity index (χ1v) is 6.11. The number of alkyl halides is 3. The van der Waals surface area contributed by atoms with Crippen LogP contribution < -0.4 is 10.2 Å². The molecule has 1 atom stereocenters. The summed E-state index contributed by atoms with van der Waals surface area (Å²) in [6, 6.07) is 5.98. The van der Waals surface area contributed by atoms with Gasteiger partial charge < -0.3 is 10.2 Å². The molecule has 1 aromatic rings. The molecule has 0 amide bonds. The molecule has 0 aromatic heterocycles. The number of halogens is 3. The van der Waals surface area contributed by atoms with Crippen molar-refractivity contribution in [2.45, 2.75) is 25.1 Å². The Labute approximate surface area is 105 Å². The first kappa shape index (κ1) is 13.2. The highest BCUT2D eigenvalue weighted by molar-refractivity contribution is 5.56. The van der Waals surface area contributed by atoms with Crippen molar-refractivity contribution in [2.75, 3.05) is 25.0 Å². The van der Waals surface area contributed by atoms with E-state index in [9.17, 15) is 13.2 Å². The Kier molecular flexibility index (Phi) is 3.80. The molecule has 5 heteroatoms. The van der Waals surface area contributed by atoms with Gasteiger partial charge in [-0.15, -0.1) is 0 Å². The molecular weight excluding hydrogens is 241 g/mol. The second-order valence-corrected chi connectivity index (χ2v) is 4.56. The molecule has 100 valence electrons. The third-order valence-electron chi connectivity index (χ3n) is 3.34. The van der Waals surface area contributed by atoms with Crippen LogP contribution in [-0.2, 0) is 6.18 Å². The standard InChI is InChI=1S/C13H17F3N2/c1-17-9-10-5-4-8-18(10)12-7-3-2-6-11(12)13(14,15)16/h2-3,6-7,10,17H,4-5,8-9H2,1H3. The Morgan fingerprint density at radius 2 is 2.06 bits per heavy atom. The van der Waals surface area contributed by atoms with Crippen LogP contribution in [-0.4, -0.2) is 26.2 Å². The van der Waals surface area contributed by atoms with Crippen molar-refractivity contribution < 1.29 is 13.2 Å². The second-order valence-electron chi connectivity index (χ2n) is 4.56. The summed E-state index contributed by atoms with van der Waals surface area (Å²) >= 11 is 0. The van der Waals surface area contributed by atoms with E-state index in [1.165, 1.54) is 6.07 Å². The van der Waals surface area contributed by atoms with Crippen LogP contribution in [0, 0.1) is 0 Å². The second kappa shape index (κ2) is 5.18. The van der Waals surface area contributed by atoms with Gasteiger partial charge in [-0.05, 0) is 32.0 Å². The molecule has 1 aromatic carbocycles. The maximum absolute atomic E-state index is 13.0. The first-order valence-electron chi connectivity index (χ1n) is 6.11. The van der Waals surface area contributed by atoms with E-state index in [0.29, 0.717) is 18.8 Å². The zero-order valence-corrected chi connectivity index (χ0v) is 10.3. The predicted octanol–water partition coefficient (Wildman–Crippen LogP) is 2.89. The minimum absolute atomic E-state index is 0.151. The van der Waals surface area contributed by atoms with Crippen molar-refractivity contribution in [2.24, 2.45) is 0 Å². The maximum Gasteiger partial charge on any atom is 0.418 e. The number of anilines is 1. The number of nitrogens with one attached hydrogen (secondary N) is 1. The monoisotopic (exact) mass is 258 g/mol. The average molecular weight is 258 g/mol. The normalized spacial score (nSPS) is 20.4. The number of likely N-dealkylation sites (N-methyl/N-ethyl adjacent to an activating group) is 1. The summed E-state index contributed by atoms with van der Waals surface area (Å²) < 4.78 is 38.9. The van der Waals surface area contributed by atoms with Crippen molar-refractivity contribution in [3.63, 3.8) is 0 Å². The minimum Gasteiger partial charge on any atom is -0.367 e. The van der Waals surface area contributed by atoms with Gasteiger partial charge in [-0.1, -0.05) is 12.1 Å². The van der Waals surface area contributed by atoms with Crippen LogP contribution in [0.3, 0.4) is 0 Å². The highest BCUT2D eigenvalue weighted by Crippen LogP contribution is 2.38. The van der Waals surface area contributed by atoms with E-state index in [4.69, 9.17) is 0 Å². The molecule has 1 fully saturated rings. The number of benzene rings is 1. The van der Waals surface area contributed by atoms with Crippen LogP contribution >= 0.6 is 0 Å². The molecule has 2 nitrogen and oxygen atoms in total. The number of hydrogen-bond acceptors (Lipinski definition) is 2. The Hall–Kier alpha value is -1.23. The van der Waals surface area contributed by atoms with E-state index >= 15 is 0 Å². The molecule has 0 bridgehead atoms. The lowest BCUT2D eigenvalue weighted by Gasteiger charge is -2.29. The Balaban J connectivity index is 2.33. The zero-order chi connectivity index (χ0) is 13.2. The van der Waals surface area contributed by atoms with Gasteiger partial charge in [-0.2, -0.15) is 13.2 Å². The van der Waals surface area contributed by atoms with Crippen molar-refractivity contribution >= 4 is 5.69 Å². The lowest BCUT2D eigenvalue weighted by atomic mass is 10.1. The van der Waals surface area contributed by atoms with E-state index in [1.807, 2.05) is 11.9 Å². The van der Waals surface area contributed by atoms with Gasteiger partial charge in [0.1, 0.15) is 0 Å². The molecular formula is C13H17F3N2. The van der Waals surface area contributed by atoms with Gasteiger partial charge in [0.15, 0.2) is 0 Å². The van der Waals surface area contributed by atoms with Crippen LogP contribution in [0.5, 0.6) is 0 Å². The third kappa shape index (κ3) is 2.61. The summed E-state index contributed by atoms with van der Waals surface area (Å²) in [5.74, 6) is 0. The molecule has 1 unspecified atom stereocenters. The summed E-state index contributed by atoms with van der Waals surface area (Å²) in [5.41, 5.74) is -0.226. The van der Waals surface area contributed by atoms with Crippen LogP contribution in [0.4, 0.5) is 18.9 Å². The lowest BCUT2D eigenvalue weighted by molar-refractivity contribution is -0.137. The summed E-state index contributed by atoms with van der Waals surface area (Å²) in [6.45, 7) is 1.41. The minimum atomic E-state index is -4.29. The van der Waals surface area contributed by atoms with Gasteiger partial charge >= 0.3 is 6.18 Å². The van der Waals surface area contributed by atoms with Crippen LogP contribution in [0.2, 0.25) is 0 Å². The van der Waals surface area contributed by atoms with Crippen molar-refractivity contribution in [3.05, 3.63) is 29.8 Å². The van der Waals surface area contributed by atoms with Crippen molar-refractivity contribution in [3.8, 4) is 0 Å². The van der Waals surface area contributed by atoms with E-state index in [2.05, 4.69) is 5.32 Å². The zero-order valence-electron chi connectivity index (χ0n) is 10.3. The van der Waals surface area contributed by atoms with Crippen LogP contribution in [0.25, 0.3) is 0 Å². The van der Waals surface area contributed by atoms with Crippen LogP contribution in [0.15, 0.2) is 24.3 Å². The van der Waals surface area contributed by atoms with Gasteiger partial charge in [0.2, 0.25) is 0 Å². The molecule has 0 aliphatic carbocycles. The van der Waals surface area contributed by atoms with Crippen molar-refractivity contribution in [1.82, 2.24) is 5.32 Å². The molecule has 0 spiro atoms. The summed E-state index contributed by atoms with van der Waals surface area (Å²) in [4.78, 5) is 1.87. The fraction of sp³-hybridized carbons (Fsp3) is 0.538. The van der Waals surface area contributed by atoms with Gasteiger partial charge in [-0.25, -0.2) is 0 Å². The highest BCUT2D eigenvalue weighted by Gasteiger charge is 2.36. The topological polar surface area (TPSA) is 15.3 Å². The maximum atomic E-state index is 13.0. The summed E-state index contributed by atoms with van der Waals surface area (Å²) in [6.07, 6.45) is -2.41. The molecule has 0 radical (unpaired) electrons. The number of rotatable bonds is 3. The molecule has 1 aliphatic rings. The van der Waals surface area contributed by atoms with Crippen LogP contribution in [0.1, 0.15) is 18.4 Å². The number of hydrogen-bond donors (Lipinski definition) is 1. The molecule has 1 aliphatic heterocycles. The third-order valence-corrected chi connectivity index (χ3v) is 3.34. The van der Waals surface area contributed by atoms with Gasteiger partial charge in [0, 0.05) is 24.8 Å². The van der Waals surface area contributed by atoms with Crippen molar-refractivity contribution in [1.29, 1.82) is 0 Å². The Morgan fingerprint density at radius 3 is 2.72 bits per heavy atom. The largest absolute Gasteiger partial charge is 0.418 e. The predicted molar refractivity (Wildman–Crippen MR) is 65.7 cm³/mol. The summed E-state index contributed by atoms with van der Waals surface area (Å²) in [7, 11) is 1.83.